The molecule has 0 saturated carbocycles. The molecule has 1 atom stereocenters. The molecule has 2 rings (SSSR count). The Balaban J connectivity index is 1.56. The van der Waals surface area contributed by atoms with Gasteiger partial charge in [-0.2, -0.15) is 0 Å². The number of nitrogens with one attached hydrogen (secondary N) is 1. The highest BCUT2D eigenvalue weighted by Gasteiger charge is 2.14. The van der Waals surface area contributed by atoms with E-state index in [0.717, 1.165) is 25.9 Å². The van der Waals surface area contributed by atoms with Gasteiger partial charge in [0.25, 0.3) is 0 Å². The zero-order valence-corrected chi connectivity index (χ0v) is 11.4. The normalized spacial score (nSPS) is 25.0. The summed E-state index contributed by atoms with van der Waals surface area (Å²) in [6.45, 7) is 4.25. The molecule has 0 bridgehead atoms. The minimum atomic E-state index is 0.223. The van der Waals surface area contributed by atoms with Crippen LogP contribution in [0.2, 0.25) is 0 Å². The average Bonchev–Trinajstić information content (AvgIpc) is 2.72. The van der Waals surface area contributed by atoms with Crippen molar-refractivity contribution in [1.29, 1.82) is 0 Å². The molecule has 3 heteroatoms. The van der Waals surface area contributed by atoms with E-state index in [9.17, 15) is 4.79 Å². The van der Waals surface area contributed by atoms with Crippen LogP contribution in [0, 0.1) is 5.92 Å². The van der Waals surface area contributed by atoms with Gasteiger partial charge in [0.1, 0.15) is 0 Å². The van der Waals surface area contributed by atoms with E-state index >= 15 is 0 Å². The summed E-state index contributed by atoms with van der Waals surface area (Å²) < 4.78 is 0. The third-order valence-electron chi connectivity index (χ3n) is 4.01. The molecule has 0 aromatic carbocycles. The van der Waals surface area contributed by atoms with Crippen LogP contribution in [0.4, 0.5) is 0 Å². The van der Waals surface area contributed by atoms with E-state index in [1.807, 2.05) is 0 Å². The molecule has 1 aliphatic heterocycles. The van der Waals surface area contributed by atoms with Crippen LogP contribution in [0.15, 0.2) is 12.2 Å². The standard InChI is InChI=1S/C15H26N2O/c18-15(13-14-7-3-4-8-14)16-9-12-17-10-5-1-2-6-11-17/h3,7,14H,1-2,4-6,8-13H2,(H,16,18). The fourth-order valence-corrected chi connectivity index (χ4v) is 2.89. The van der Waals surface area contributed by atoms with Crippen molar-refractivity contribution >= 4 is 5.91 Å². The first-order valence-electron chi connectivity index (χ1n) is 7.50. The molecule has 102 valence electrons. The molecule has 1 saturated heterocycles. The van der Waals surface area contributed by atoms with Gasteiger partial charge in [-0.25, -0.2) is 0 Å². The van der Waals surface area contributed by atoms with Crippen LogP contribution in [0.1, 0.15) is 44.9 Å². The third kappa shape index (κ3) is 4.81. The van der Waals surface area contributed by atoms with E-state index in [1.54, 1.807) is 0 Å². The molecule has 0 aromatic rings. The first-order chi connectivity index (χ1) is 8.84. The number of hydrogen-bond donors (Lipinski definition) is 1. The molecule has 1 unspecified atom stereocenters. The molecule has 1 N–H and O–H groups in total. The van der Waals surface area contributed by atoms with Crippen LogP contribution in [0.5, 0.6) is 0 Å². The van der Waals surface area contributed by atoms with Crippen molar-refractivity contribution in [2.45, 2.75) is 44.9 Å². The Morgan fingerprint density at radius 3 is 2.67 bits per heavy atom. The van der Waals surface area contributed by atoms with Crippen molar-refractivity contribution < 1.29 is 4.79 Å². The Morgan fingerprint density at radius 2 is 2.00 bits per heavy atom. The van der Waals surface area contributed by atoms with Gasteiger partial charge in [0, 0.05) is 19.5 Å². The summed E-state index contributed by atoms with van der Waals surface area (Å²) in [5, 5.41) is 3.06. The number of nitrogens with zero attached hydrogens (tertiary/aromatic N) is 1. The average molecular weight is 250 g/mol. The van der Waals surface area contributed by atoms with E-state index in [-0.39, 0.29) is 5.91 Å². The lowest BCUT2D eigenvalue weighted by molar-refractivity contribution is -0.121. The number of rotatable bonds is 5. The summed E-state index contributed by atoms with van der Waals surface area (Å²) in [5.74, 6) is 0.713. The molecule has 1 heterocycles. The summed E-state index contributed by atoms with van der Waals surface area (Å²) in [6, 6.07) is 0. The Morgan fingerprint density at radius 1 is 1.22 bits per heavy atom. The van der Waals surface area contributed by atoms with E-state index in [4.69, 9.17) is 0 Å². The van der Waals surface area contributed by atoms with Crippen LogP contribution >= 0.6 is 0 Å². The van der Waals surface area contributed by atoms with E-state index in [0.29, 0.717) is 12.3 Å². The van der Waals surface area contributed by atoms with Crippen LogP contribution in [0.3, 0.4) is 0 Å². The molecule has 2 aliphatic rings. The van der Waals surface area contributed by atoms with Crippen molar-refractivity contribution in [3.05, 3.63) is 12.2 Å². The second kappa shape index (κ2) is 7.57. The minimum absolute atomic E-state index is 0.223. The maximum Gasteiger partial charge on any atom is 0.220 e. The van der Waals surface area contributed by atoms with Crippen molar-refractivity contribution in [1.82, 2.24) is 10.2 Å². The molecule has 3 nitrogen and oxygen atoms in total. The number of amides is 1. The fourth-order valence-electron chi connectivity index (χ4n) is 2.89. The highest BCUT2D eigenvalue weighted by atomic mass is 16.1. The van der Waals surface area contributed by atoms with Crippen LogP contribution in [-0.2, 0) is 4.79 Å². The zero-order valence-electron chi connectivity index (χ0n) is 11.4. The maximum atomic E-state index is 11.7. The summed E-state index contributed by atoms with van der Waals surface area (Å²) >= 11 is 0. The number of hydrogen-bond acceptors (Lipinski definition) is 2. The Kier molecular flexibility index (Phi) is 5.72. The second-order valence-corrected chi connectivity index (χ2v) is 5.58. The Bertz CT molecular complexity index is 280. The largest absolute Gasteiger partial charge is 0.355 e. The number of carbonyl (C=O) groups is 1. The molecular weight excluding hydrogens is 224 g/mol. The van der Waals surface area contributed by atoms with Crippen molar-refractivity contribution in [2.75, 3.05) is 26.2 Å². The lowest BCUT2D eigenvalue weighted by atomic mass is 10.1. The fraction of sp³-hybridized carbons (Fsp3) is 0.800. The molecule has 18 heavy (non-hydrogen) atoms. The van der Waals surface area contributed by atoms with Gasteiger partial charge in [-0.3, -0.25) is 4.79 Å². The van der Waals surface area contributed by atoms with Gasteiger partial charge in [-0.05, 0) is 44.7 Å². The molecular formula is C15H26N2O. The number of allylic oxidation sites excluding steroid dienone is 2. The summed E-state index contributed by atoms with van der Waals surface area (Å²) in [4.78, 5) is 14.2. The summed E-state index contributed by atoms with van der Waals surface area (Å²) in [6.07, 6.45) is 12.7. The van der Waals surface area contributed by atoms with Gasteiger partial charge in [-0.15, -0.1) is 0 Å². The van der Waals surface area contributed by atoms with Gasteiger partial charge < -0.3 is 10.2 Å². The Labute approximate surface area is 111 Å². The predicted octanol–water partition coefficient (Wildman–Crippen LogP) is 2.33. The van der Waals surface area contributed by atoms with Gasteiger partial charge in [0.15, 0.2) is 0 Å². The van der Waals surface area contributed by atoms with Crippen molar-refractivity contribution in [2.24, 2.45) is 5.92 Å². The first-order valence-corrected chi connectivity index (χ1v) is 7.50. The molecule has 1 amide bonds. The second-order valence-electron chi connectivity index (χ2n) is 5.58. The van der Waals surface area contributed by atoms with Crippen LogP contribution < -0.4 is 5.32 Å². The topological polar surface area (TPSA) is 32.3 Å². The molecule has 0 radical (unpaired) electrons. The highest BCUT2D eigenvalue weighted by Crippen LogP contribution is 2.19. The zero-order chi connectivity index (χ0) is 12.6. The quantitative estimate of drug-likeness (QED) is 0.760. The SMILES string of the molecule is O=C(CC1C=CCC1)NCCN1CCCCCC1. The Hall–Kier alpha value is -0.830. The minimum Gasteiger partial charge on any atom is -0.355 e. The van der Waals surface area contributed by atoms with Crippen molar-refractivity contribution in [3.63, 3.8) is 0 Å². The van der Waals surface area contributed by atoms with Crippen LogP contribution in [-0.4, -0.2) is 37.0 Å². The third-order valence-corrected chi connectivity index (χ3v) is 4.01. The van der Waals surface area contributed by atoms with Gasteiger partial charge in [0.2, 0.25) is 5.91 Å². The van der Waals surface area contributed by atoms with Crippen LogP contribution in [0.25, 0.3) is 0 Å². The molecule has 0 aromatic heterocycles. The molecule has 1 fully saturated rings. The van der Waals surface area contributed by atoms with E-state index < -0.39 is 0 Å². The maximum absolute atomic E-state index is 11.7. The smallest absolute Gasteiger partial charge is 0.220 e. The molecule has 1 aliphatic carbocycles. The van der Waals surface area contributed by atoms with E-state index in [2.05, 4.69) is 22.4 Å². The first kappa shape index (κ1) is 13.6. The van der Waals surface area contributed by atoms with Crippen molar-refractivity contribution in [3.8, 4) is 0 Å². The van der Waals surface area contributed by atoms with Gasteiger partial charge >= 0.3 is 0 Å². The lowest BCUT2D eigenvalue weighted by Crippen LogP contribution is -2.35. The lowest BCUT2D eigenvalue weighted by Gasteiger charge is -2.19. The number of carbonyl (C=O) groups excluding carboxylic acids is 1. The van der Waals surface area contributed by atoms with E-state index in [1.165, 1.54) is 38.8 Å². The summed E-state index contributed by atoms with van der Waals surface area (Å²) in [5.41, 5.74) is 0. The molecule has 0 spiro atoms. The van der Waals surface area contributed by atoms with Gasteiger partial charge in [-0.1, -0.05) is 25.0 Å². The predicted molar refractivity (Wildman–Crippen MR) is 74.4 cm³/mol. The van der Waals surface area contributed by atoms with Gasteiger partial charge in [0.05, 0.1) is 0 Å². The number of likely N-dealkylation sites (tertiary alicyclic amines) is 1. The highest BCUT2D eigenvalue weighted by molar-refractivity contribution is 5.76. The summed E-state index contributed by atoms with van der Waals surface area (Å²) in [7, 11) is 0. The monoisotopic (exact) mass is 250 g/mol.